The van der Waals surface area contributed by atoms with E-state index in [-0.39, 0.29) is 55.3 Å². The quantitative estimate of drug-likeness (QED) is 0.215. The maximum Gasteiger partial charge on any atom is 0.335 e. The topological polar surface area (TPSA) is 250 Å². The van der Waals surface area contributed by atoms with Crippen molar-refractivity contribution in [3.8, 4) is 0 Å². The average molecular weight is 529 g/mol. The normalized spacial score (nSPS) is 9.78. The minimum atomic E-state index is -1.13. The first kappa shape index (κ1) is 35.3. The molecule has 13 nitrogen and oxygen atoms in total. The Morgan fingerprint density at radius 3 is 1.03 bits per heavy atom. The van der Waals surface area contributed by atoms with Crippen molar-refractivity contribution < 1.29 is 65.1 Å². The van der Waals surface area contributed by atoms with Crippen LogP contribution < -0.4 is 0 Å². The lowest BCUT2D eigenvalue weighted by Gasteiger charge is -2.24. The molecule has 0 heterocycles. The molecule has 0 saturated carbocycles. The molecule has 2 rings (SSSR count). The Morgan fingerprint density at radius 2 is 0.865 bits per heavy atom. The van der Waals surface area contributed by atoms with Gasteiger partial charge in [0.1, 0.15) is 0 Å². The van der Waals surface area contributed by atoms with Gasteiger partial charge in [-0.05, 0) is 48.9 Å². The maximum absolute atomic E-state index is 10.4. The second-order valence-electron chi connectivity index (χ2n) is 7.15. The number of aliphatic hydroxyl groups excluding tert-OH is 5. The molecule has 0 unspecified atom stereocenters. The Labute approximate surface area is 212 Å². The molecule has 9 N–H and O–H groups in total. The van der Waals surface area contributed by atoms with Crippen LogP contribution in [0, 0.1) is 5.41 Å². The van der Waals surface area contributed by atoms with Crippen LogP contribution in [0.15, 0.2) is 48.5 Å². The van der Waals surface area contributed by atoms with Crippen LogP contribution in [0.5, 0.6) is 0 Å². The molecule has 37 heavy (non-hydrogen) atoms. The van der Waals surface area contributed by atoms with Crippen molar-refractivity contribution in [3.63, 3.8) is 0 Å². The van der Waals surface area contributed by atoms with E-state index >= 15 is 0 Å². The molecule has 0 aromatic heterocycles. The Morgan fingerprint density at radius 1 is 0.568 bits per heavy atom. The standard InChI is InChI=1S/2C8H6O4.C6H14O3.C2H6O2/c9-7(10)5-1-2-6(4-3-5)8(11)12;9-7(10)5-2-1-3-6(4-5)8(11)12;1-2-6(3-7,4-8)5-9;3-1-2-4/h2*1-4H,(H,9,10)(H,11,12);7-9H,2-5H2,1H3;3-4H,1-2H2. The molecule has 0 spiro atoms. The number of carboxylic acid groups (broad SMARTS) is 4. The van der Waals surface area contributed by atoms with E-state index in [2.05, 4.69) is 0 Å². The second kappa shape index (κ2) is 19.3. The third kappa shape index (κ3) is 14.3. The van der Waals surface area contributed by atoms with E-state index in [9.17, 15) is 19.2 Å². The Hall–Kier alpha value is -3.88. The minimum absolute atomic E-state index is 0.0186. The highest BCUT2D eigenvalue weighted by atomic mass is 16.4. The first-order valence-electron chi connectivity index (χ1n) is 10.6. The number of benzene rings is 2. The fraction of sp³-hybridized carbons (Fsp3) is 0.333. The predicted octanol–water partition coefficient (Wildman–Crippen LogP) is 0.497. The van der Waals surface area contributed by atoms with Crippen LogP contribution in [0.4, 0.5) is 0 Å². The molecule has 0 radical (unpaired) electrons. The molecule has 0 aliphatic rings. The van der Waals surface area contributed by atoms with Crippen LogP contribution in [-0.2, 0) is 0 Å². The van der Waals surface area contributed by atoms with Crippen molar-refractivity contribution in [2.45, 2.75) is 13.3 Å². The lowest BCUT2D eigenvalue weighted by molar-refractivity contribution is 0.00302. The molecule has 0 bridgehead atoms. The smallest absolute Gasteiger partial charge is 0.335 e. The first-order valence-corrected chi connectivity index (χ1v) is 10.6. The summed E-state index contributed by atoms with van der Waals surface area (Å²) >= 11 is 0. The zero-order valence-electron chi connectivity index (χ0n) is 20.0. The maximum atomic E-state index is 10.4. The van der Waals surface area contributed by atoms with E-state index in [0.29, 0.717) is 6.42 Å². The van der Waals surface area contributed by atoms with Crippen molar-refractivity contribution >= 4 is 23.9 Å². The van der Waals surface area contributed by atoms with Gasteiger partial charge in [0.15, 0.2) is 0 Å². The molecule has 0 atom stereocenters. The van der Waals surface area contributed by atoms with E-state index in [0.717, 1.165) is 6.07 Å². The number of rotatable bonds is 9. The summed E-state index contributed by atoms with van der Waals surface area (Å²) in [7, 11) is 0. The van der Waals surface area contributed by atoms with Gasteiger partial charge in [0.05, 0.1) is 55.3 Å². The summed E-state index contributed by atoms with van der Waals surface area (Å²) in [6.45, 7) is 1.10. The van der Waals surface area contributed by atoms with Gasteiger partial charge in [-0.2, -0.15) is 0 Å². The molecule has 0 amide bonds. The highest BCUT2D eigenvalue weighted by Crippen LogP contribution is 2.18. The van der Waals surface area contributed by atoms with Gasteiger partial charge < -0.3 is 46.0 Å². The van der Waals surface area contributed by atoms with Crippen molar-refractivity contribution in [1.29, 1.82) is 0 Å². The number of aromatic carboxylic acids is 4. The SMILES string of the molecule is CCC(CO)(CO)CO.O=C(O)c1ccc(C(=O)O)cc1.O=C(O)c1cccc(C(=O)O)c1.OCCO. The van der Waals surface area contributed by atoms with Gasteiger partial charge in [0.2, 0.25) is 0 Å². The molecular weight excluding hydrogens is 496 g/mol. The summed E-state index contributed by atoms with van der Waals surface area (Å²) < 4.78 is 0. The van der Waals surface area contributed by atoms with Gasteiger partial charge in [-0.3, -0.25) is 0 Å². The van der Waals surface area contributed by atoms with Crippen LogP contribution in [0.3, 0.4) is 0 Å². The molecule has 0 aliphatic carbocycles. The first-order chi connectivity index (χ1) is 17.4. The van der Waals surface area contributed by atoms with E-state index < -0.39 is 29.3 Å². The third-order valence-corrected chi connectivity index (χ3v) is 4.59. The molecule has 0 aliphatic heterocycles. The number of aliphatic hydroxyl groups is 5. The van der Waals surface area contributed by atoms with Gasteiger partial charge in [-0.15, -0.1) is 0 Å². The van der Waals surface area contributed by atoms with Gasteiger partial charge in [-0.25, -0.2) is 19.2 Å². The van der Waals surface area contributed by atoms with E-state index in [4.69, 9.17) is 46.0 Å². The number of hydrogen-bond donors (Lipinski definition) is 9. The summed E-state index contributed by atoms with van der Waals surface area (Å²) in [6, 6.07) is 10.2. The number of carbonyl (C=O) groups is 4. The summed E-state index contributed by atoms with van der Waals surface area (Å²) in [5, 5.41) is 75.1. The molecule has 0 fully saturated rings. The summed E-state index contributed by atoms with van der Waals surface area (Å²) in [5.41, 5.74) is -0.537. The number of carboxylic acids is 4. The highest BCUT2D eigenvalue weighted by Gasteiger charge is 2.24. The van der Waals surface area contributed by atoms with E-state index in [1.807, 2.05) is 6.92 Å². The Kier molecular flexibility index (Phi) is 18.4. The highest BCUT2D eigenvalue weighted by molar-refractivity contribution is 5.93. The van der Waals surface area contributed by atoms with E-state index in [1.54, 1.807) is 0 Å². The Balaban J connectivity index is 0. The van der Waals surface area contributed by atoms with Crippen LogP contribution in [0.2, 0.25) is 0 Å². The van der Waals surface area contributed by atoms with Crippen molar-refractivity contribution in [3.05, 3.63) is 70.8 Å². The van der Waals surface area contributed by atoms with Crippen molar-refractivity contribution in [1.82, 2.24) is 0 Å². The molecule has 2 aromatic rings. The van der Waals surface area contributed by atoms with Crippen LogP contribution in [0.1, 0.15) is 54.8 Å². The van der Waals surface area contributed by atoms with Gasteiger partial charge >= 0.3 is 23.9 Å². The van der Waals surface area contributed by atoms with Crippen molar-refractivity contribution in [2.24, 2.45) is 5.41 Å². The van der Waals surface area contributed by atoms with Gasteiger partial charge in [-0.1, -0.05) is 13.0 Å². The van der Waals surface area contributed by atoms with Gasteiger partial charge in [0, 0.05) is 5.41 Å². The third-order valence-electron chi connectivity index (χ3n) is 4.59. The largest absolute Gasteiger partial charge is 0.478 e. The summed E-state index contributed by atoms with van der Waals surface area (Å²) in [5.74, 6) is -4.38. The molecule has 13 heteroatoms. The predicted molar refractivity (Wildman–Crippen MR) is 129 cm³/mol. The lowest BCUT2D eigenvalue weighted by Crippen LogP contribution is -2.32. The number of hydrogen-bond acceptors (Lipinski definition) is 9. The van der Waals surface area contributed by atoms with Gasteiger partial charge in [0.25, 0.3) is 0 Å². The lowest BCUT2D eigenvalue weighted by atomic mass is 9.88. The van der Waals surface area contributed by atoms with E-state index in [1.165, 1.54) is 42.5 Å². The second-order valence-corrected chi connectivity index (χ2v) is 7.15. The molecular formula is C24H32O13. The summed E-state index contributed by atoms with van der Waals surface area (Å²) in [6.07, 6.45) is 0.594. The van der Waals surface area contributed by atoms with Crippen LogP contribution in [0.25, 0.3) is 0 Å². The minimum Gasteiger partial charge on any atom is -0.478 e. The van der Waals surface area contributed by atoms with Crippen molar-refractivity contribution in [2.75, 3.05) is 33.0 Å². The Bertz CT molecular complexity index is 885. The fourth-order valence-electron chi connectivity index (χ4n) is 2.03. The average Bonchev–Trinajstić information content (AvgIpc) is 2.91. The van der Waals surface area contributed by atoms with Crippen LogP contribution in [-0.4, -0.2) is 103 Å². The zero-order valence-corrected chi connectivity index (χ0v) is 20.0. The molecule has 2 aromatic carbocycles. The molecule has 0 saturated heterocycles. The zero-order chi connectivity index (χ0) is 29.0. The monoisotopic (exact) mass is 528 g/mol. The van der Waals surface area contributed by atoms with Crippen LogP contribution >= 0.6 is 0 Å². The summed E-state index contributed by atoms with van der Waals surface area (Å²) in [4.78, 5) is 41.4. The molecule has 206 valence electrons. The fourth-order valence-corrected chi connectivity index (χ4v) is 2.03.